The van der Waals surface area contributed by atoms with Crippen LogP contribution in [0.4, 0.5) is 0 Å². The van der Waals surface area contributed by atoms with E-state index in [1.807, 2.05) is 0 Å². The molecule has 1 heterocycles. The van der Waals surface area contributed by atoms with Crippen LogP contribution < -0.4 is 10.1 Å². The van der Waals surface area contributed by atoms with Crippen LogP contribution in [0.3, 0.4) is 0 Å². The van der Waals surface area contributed by atoms with Gasteiger partial charge in [0.1, 0.15) is 5.75 Å². The zero-order chi connectivity index (χ0) is 17.0. The summed E-state index contributed by atoms with van der Waals surface area (Å²) in [5, 5.41) is 11.2. The number of aliphatic carboxylic acids is 1. The van der Waals surface area contributed by atoms with Crippen LogP contribution in [0.25, 0.3) is 0 Å². The molecule has 0 aromatic heterocycles. The van der Waals surface area contributed by atoms with Crippen LogP contribution in [0, 0.1) is 0 Å². The van der Waals surface area contributed by atoms with Crippen molar-refractivity contribution in [3.05, 3.63) is 29.8 Å². The highest BCUT2D eigenvalue weighted by molar-refractivity contribution is 7.91. The molecule has 2 N–H and O–H groups in total. The summed E-state index contributed by atoms with van der Waals surface area (Å²) in [6, 6.07) is 5.36. The number of ether oxygens (including phenoxy) is 2. The molecule has 1 aliphatic rings. The summed E-state index contributed by atoms with van der Waals surface area (Å²) in [6.45, 7) is -0.516. The van der Waals surface area contributed by atoms with Gasteiger partial charge in [0.05, 0.1) is 23.7 Å². The second-order valence-corrected chi connectivity index (χ2v) is 7.30. The van der Waals surface area contributed by atoms with Crippen molar-refractivity contribution in [1.29, 1.82) is 0 Å². The fourth-order valence-electron chi connectivity index (χ4n) is 2.31. The van der Waals surface area contributed by atoms with Crippen molar-refractivity contribution < 1.29 is 32.6 Å². The first-order valence-corrected chi connectivity index (χ1v) is 8.61. The number of amides is 1. The average Bonchev–Trinajstić information content (AvgIpc) is 2.79. The number of methoxy groups -OCH3 is 1. The van der Waals surface area contributed by atoms with Gasteiger partial charge in [0, 0.05) is 12.7 Å². The number of hydrogen-bond donors (Lipinski definition) is 2. The highest BCUT2D eigenvalue weighted by Gasteiger charge is 2.38. The van der Waals surface area contributed by atoms with Crippen molar-refractivity contribution in [2.75, 3.05) is 25.2 Å². The minimum atomic E-state index is -3.24. The van der Waals surface area contributed by atoms with Gasteiger partial charge in [0.25, 0.3) is 5.91 Å². The average molecular weight is 343 g/mol. The Morgan fingerprint density at radius 3 is 2.74 bits per heavy atom. The first kappa shape index (κ1) is 17.2. The summed E-state index contributed by atoms with van der Waals surface area (Å²) >= 11 is 0. The summed E-state index contributed by atoms with van der Waals surface area (Å²) in [4.78, 5) is 22.7. The summed E-state index contributed by atoms with van der Waals surface area (Å²) in [5.74, 6) is -1.67. The van der Waals surface area contributed by atoms with Gasteiger partial charge in [-0.15, -0.1) is 0 Å². The van der Waals surface area contributed by atoms with E-state index in [0.29, 0.717) is 0 Å². The minimum absolute atomic E-state index is 0.129. The van der Waals surface area contributed by atoms with Crippen LogP contribution in [0.15, 0.2) is 24.3 Å². The maximum atomic E-state index is 12.2. The standard InChI is InChI=1S/C14H17NO7S/c1-21-12-8-23(19,20)7-11(12)15-14(18)9-3-2-4-10(5-9)22-6-13(16)17/h2-5,11-12H,6-8H2,1H3,(H,15,18)(H,16,17). The van der Waals surface area contributed by atoms with Crippen LogP contribution in [0.5, 0.6) is 5.75 Å². The molecule has 1 aromatic rings. The monoisotopic (exact) mass is 343 g/mol. The van der Waals surface area contributed by atoms with Gasteiger partial charge in [-0.1, -0.05) is 6.07 Å². The van der Waals surface area contributed by atoms with Gasteiger partial charge in [0.2, 0.25) is 0 Å². The maximum absolute atomic E-state index is 12.2. The first-order valence-electron chi connectivity index (χ1n) is 6.79. The number of carboxylic acid groups (broad SMARTS) is 1. The van der Waals surface area contributed by atoms with Crippen molar-refractivity contribution in [3.8, 4) is 5.75 Å². The second-order valence-electron chi connectivity index (χ2n) is 5.14. The Labute approximate surface area is 133 Å². The molecule has 23 heavy (non-hydrogen) atoms. The van der Waals surface area contributed by atoms with Gasteiger partial charge in [-0.25, -0.2) is 13.2 Å². The Bertz CT molecular complexity index is 701. The number of carboxylic acids is 1. The van der Waals surface area contributed by atoms with E-state index < -0.39 is 40.5 Å². The Morgan fingerprint density at radius 2 is 2.09 bits per heavy atom. The van der Waals surface area contributed by atoms with Crippen molar-refractivity contribution in [1.82, 2.24) is 5.32 Å². The molecular weight excluding hydrogens is 326 g/mol. The molecule has 0 radical (unpaired) electrons. The predicted octanol–water partition coefficient (Wildman–Crippen LogP) is -0.308. The molecule has 0 bridgehead atoms. The highest BCUT2D eigenvalue weighted by Crippen LogP contribution is 2.17. The number of carbonyl (C=O) groups excluding carboxylic acids is 1. The summed E-state index contributed by atoms with van der Waals surface area (Å²) in [7, 11) is -1.85. The zero-order valence-corrected chi connectivity index (χ0v) is 13.2. The van der Waals surface area contributed by atoms with Crippen LogP contribution in [-0.4, -0.2) is 62.8 Å². The topological polar surface area (TPSA) is 119 Å². The number of sulfone groups is 1. The largest absolute Gasteiger partial charge is 0.482 e. The van der Waals surface area contributed by atoms with E-state index >= 15 is 0 Å². The quantitative estimate of drug-likeness (QED) is 0.727. The van der Waals surface area contributed by atoms with Gasteiger partial charge >= 0.3 is 5.97 Å². The third-order valence-corrected chi connectivity index (χ3v) is 5.08. The van der Waals surface area contributed by atoms with Crippen molar-refractivity contribution in [2.45, 2.75) is 12.1 Å². The Hall–Kier alpha value is -2.13. The summed E-state index contributed by atoms with van der Waals surface area (Å²) in [6.07, 6.45) is -0.588. The first-order chi connectivity index (χ1) is 10.8. The summed E-state index contributed by atoms with van der Waals surface area (Å²) < 4.78 is 33.4. The van der Waals surface area contributed by atoms with Crippen molar-refractivity contribution in [3.63, 3.8) is 0 Å². The predicted molar refractivity (Wildman–Crippen MR) is 80.3 cm³/mol. The molecule has 1 aliphatic heterocycles. The number of hydrogen-bond acceptors (Lipinski definition) is 6. The lowest BCUT2D eigenvalue weighted by atomic mass is 10.1. The fourth-order valence-corrected chi connectivity index (χ4v) is 4.16. The second kappa shape index (κ2) is 6.97. The van der Waals surface area contributed by atoms with E-state index in [0.717, 1.165) is 0 Å². The molecule has 1 amide bonds. The number of rotatable bonds is 6. The van der Waals surface area contributed by atoms with E-state index in [1.165, 1.54) is 25.3 Å². The molecule has 2 atom stereocenters. The van der Waals surface area contributed by atoms with Crippen molar-refractivity contribution >= 4 is 21.7 Å². The third-order valence-electron chi connectivity index (χ3n) is 3.38. The molecule has 2 unspecified atom stereocenters. The molecule has 0 aliphatic carbocycles. The van der Waals surface area contributed by atoms with Crippen LogP contribution >= 0.6 is 0 Å². The van der Waals surface area contributed by atoms with Gasteiger partial charge < -0.3 is 19.9 Å². The number of benzene rings is 1. The Balaban J connectivity index is 2.06. The van der Waals surface area contributed by atoms with Gasteiger partial charge in [-0.05, 0) is 18.2 Å². The molecule has 2 rings (SSSR count). The van der Waals surface area contributed by atoms with E-state index in [1.54, 1.807) is 6.07 Å². The number of carbonyl (C=O) groups is 2. The Morgan fingerprint density at radius 1 is 1.35 bits per heavy atom. The molecule has 9 heteroatoms. The lowest BCUT2D eigenvalue weighted by Crippen LogP contribution is -2.43. The van der Waals surface area contributed by atoms with Crippen LogP contribution in [0.1, 0.15) is 10.4 Å². The lowest BCUT2D eigenvalue weighted by molar-refractivity contribution is -0.139. The molecule has 126 valence electrons. The maximum Gasteiger partial charge on any atom is 0.341 e. The van der Waals surface area contributed by atoms with Gasteiger partial charge in [-0.2, -0.15) is 0 Å². The Kier molecular flexibility index (Phi) is 5.22. The van der Waals surface area contributed by atoms with Gasteiger partial charge in [-0.3, -0.25) is 4.79 Å². The van der Waals surface area contributed by atoms with E-state index in [2.05, 4.69) is 5.32 Å². The highest BCUT2D eigenvalue weighted by atomic mass is 32.2. The van der Waals surface area contributed by atoms with Crippen LogP contribution in [0.2, 0.25) is 0 Å². The lowest BCUT2D eigenvalue weighted by Gasteiger charge is -2.18. The number of nitrogens with one attached hydrogen (secondary N) is 1. The van der Waals surface area contributed by atoms with Crippen LogP contribution in [-0.2, 0) is 19.4 Å². The molecule has 8 nitrogen and oxygen atoms in total. The molecule has 0 saturated carbocycles. The van der Waals surface area contributed by atoms with Crippen molar-refractivity contribution in [2.24, 2.45) is 0 Å². The third kappa shape index (κ3) is 4.67. The SMILES string of the molecule is COC1CS(=O)(=O)CC1NC(=O)c1cccc(OCC(=O)O)c1. The normalized spacial score (nSPS) is 22.5. The van der Waals surface area contributed by atoms with E-state index in [9.17, 15) is 18.0 Å². The molecule has 1 fully saturated rings. The summed E-state index contributed by atoms with van der Waals surface area (Å²) in [5.41, 5.74) is 0.243. The zero-order valence-electron chi connectivity index (χ0n) is 12.4. The molecule has 1 saturated heterocycles. The van der Waals surface area contributed by atoms with Gasteiger partial charge in [0.15, 0.2) is 16.4 Å². The molecular formula is C14H17NO7S. The smallest absolute Gasteiger partial charge is 0.341 e. The van der Waals surface area contributed by atoms with E-state index in [-0.39, 0.29) is 22.8 Å². The molecule has 1 aromatic carbocycles. The molecule has 0 spiro atoms. The minimum Gasteiger partial charge on any atom is -0.482 e. The fraction of sp³-hybridized carbons (Fsp3) is 0.429. The van der Waals surface area contributed by atoms with E-state index in [4.69, 9.17) is 14.6 Å².